The number of hydrogen-bond acceptors (Lipinski definition) is 2. The second-order valence-electron chi connectivity index (χ2n) is 5.08. The highest BCUT2D eigenvalue weighted by atomic mass is 16.1. The van der Waals surface area contributed by atoms with Gasteiger partial charge in [-0.2, -0.15) is 5.26 Å². The van der Waals surface area contributed by atoms with Crippen LogP contribution in [0.25, 0.3) is 6.08 Å². The molecule has 0 bridgehead atoms. The summed E-state index contributed by atoms with van der Waals surface area (Å²) in [5.41, 5.74) is 3.23. The maximum Gasteiger partial charge on any atom is 0.261 e. The van der Waals surface area contributed by atoms with Gasteiger partial charge in [-0.05, 0) is 30.5 Å². The summed E-state index contributed by atoms with van der Waals surface area (Å²) in [5.74, 6) is -0.333. The Morgan fingerprint density at radius 1 is 1.18 bits per heavy atom. The Bertz CT molecular complexity index is 712. The van der Waals surface area contributed by atoms with E-state index in [1.54, 1.807) is 6.08 Å². The van der Waals surface area contributed by atoms with Gasteiger partial charge in [0.1, 0.15) is 11.6 Å². The first kappa shape index (κ1) is 15.5. The van der Waals surface area contributed by atoms with Gasteiger partial charge in [0, 0.05) is 6.54 Å². The maximum atomic E-state index is 12.1. The number of carbonyl (C=O) groups excluding carboxylic acids is 1. The Balaban J connectivity index is 1.96. The molecular formula is C19H18N2O. The van der Waals surface area contributed by atoms with Gasteiger partial charge >= 0.3 is 0 Å². The molecule has 22 heavy (non-hydrogen) atoms. The zero-order chi connectivity index (χ0) is 15.8. The molecule has 0 fully saturated rings. The van der Waals surface area contributed by atoms with Crippen LogP contribution >= 0.6 is 0 Å². The highest BCUT2D eigenvalue weighted by molar-refractivity contribution is 6.01. The zero-order valence-corrected chi connectivity index (χ0v) is 12.5. The van der Waals surface area contributed by atoms with Crippen LogP contribution in [0.15, 0.2) is 60.2 Å². The van der Waals surface area contributed by atoms with Gasteiger partial charge in [0.15, 0.2) is 0 Å². The maximum absolute atomic E-state index is 12.1. The monoisotopic (exact) mass is 290 g/mol. The third-order valence-corrected chi connectivity index (χ3v) is 3.26. The van der Waals surface area contributed by atoms with Crippen molar-refractivity contribution in [1.29, 1.82) is 5.26 Å². The molecule has 0 aromatic heterocycles. The summed E-state index contributed by atoms with van der Waals surface area (Å²) in [4.78, 5) is 12.1. The number of rotatable bonds is 5. The molecule has 0 aliphatic heterocycles. The molecule has 0 radical (unpaired) electrons. The van der Waals surface area contributed by atoms with Gasteiger partial charge in [-0.15, -0.1) is 0 Å². The Morgan fingerprint density at radius 3 is 2.64 bits per heavy atom. The molecule has 0 atom stereocenters. The molecule has 0 unspecified atom stereocenters. The number of amides is 1. The number of aryl methyl sites for hydroxylation is 1. The minimum absolute atomic E-state index is 0.124. The minimum Gasteiger partial charge on any atom is -0.351 e. The molecule has 0 heterocycles. The quantitative estimate of drug-likeness (QED) is 0.679. The molecule has 3 heteroatoms. The van der Waals surface area contributed by atoms with E-state index in [9.17, 15) is 4.79 Å². The first-order chi connectivity index (χ1) is 10.7. The van der Waals surface area contributed by atoms with Crippen LogP contribution in [0.3, 0.4) is 0 Å². The largest absolute Gasteiger partial charge is 0.351 e. The van der Waals surface area contributed by atoms with Crippen molar-refractivity contribution in [2.24, 2.45) is 0 Å². The molecule has 0 spiro atoms. The number of carbonyl (C=O) groups is 1. The molecule has 0 aliphatic rings. The topological polar surface area (TPSA) is 52.9 Å². The molecule has 1 amide bonds. The Labute approximate surface area is 130 Å². The summed E-state index contributed by atoms with van der Waals surface area (Å²) < 4.78 is 0. The van der Waals surface area contributed by atoms with Crippen LogP contribution in [-0.4, -0.2) is 12.5 Å². The van der Waals surface area contributed by atoms with Crippen molar-refractivity contribution in [2.45, 2.75) is 13.3 Å². The van der Waals surface area contributed by atoms with E-state index in [2.05, 4.69) is 5.32 Å². The van der Waals surface area contributed by atoms with Gasteiger partial charge in [0.25, 0.3) is 5.91 Å². The van der Waals surface area contributed by atoms with E-state index in [4.69, 9.17) is 5.26 Å². The van der Waals surface area contributed by atoms with Crippen molar-refractivity contribution in [2.75, 3.05) is 6.54 Å². The molecule has 2 aromatic carbocycles. The molecule has 2 rings (SSSR count). The first-order valence-corrected chi connectivity index (χ1v) is 7.19. The smallest absolute Gasteiger partial charge is 0.261 e. The van der Waals surface area contributed by atoms with Crippen molar-refractivity contribution in [3.05, 3.63) is 76.9 Å². The minimum atomic E-state index is -0.333. The average molecular weight is 290 g/mol. The fourth-order valence-corrected chi connectivity index (χ4v) is 2.14. The van der Waals surface area contributed by atoms with E-state index in [0.29, 0.717) is 6.54 Å². The lowest BCUT2D eigenvalue weighted by Gasteiger charge is -2.05. The van der Waals surface area contributed by atoms with E-state index in [1.807, 2.05) is 67.6 Å². The van der Waals surface area contributed by atoms with E-state index in [1.165, 1.54) is 0 Å². The van der Waals surface area contributed by atoms with Gasteiger partial charge in [-0.3, -0.25) is 4.79 Å². The third kappa shape index (κ3) is 4.60. The highest BCUT2D eigenvalue weighted by Gasteiger charge is 2.08. The van der Waals surface area contributed by atoms with Gasteiger partial charge in [0.2, 0.25) is 0 Å². The van der Waals surface area contributed by atoms with Crippen LogP contribution in [-0.2, 0) is 11.2 Å². The summed E-state index contributed by atoms with van der Waals surface area (Å²) in [6.07, 6.45) is 2.36. The number of benzene rings is 2. The molecule has 2 aromatic rings. The van der Waals surface area contributed by atoms with E-state index < -0.39 is 0 Å². The van der Waals surface area contributed by atoms with E-state index in [-0.39, 0.29) is 11.5 Å². The lowest BCUT2D eigenvalue weighted by molar-refractivity contribution is -0.117. The van der Waals surface area contributed by atoms with E-state index >= 15 is 0 Å². The predicted octanol–water partition coefficient (Wildman–Crippen LogP) is 3.26. The lowest BCUT2D eigenvalue weighted by Crippen LogP contribution is -2.26. The normalized spacial score (nSPS) is 10.8. The number of nitrogens with one attached hydrogen (secondary N) is 1. The number of nitrogens with zero attached hydrogens (tertiary/aromatic N) is 1. The fourth-order valence-electron chi connectivity index (χ4n) is 2.14. The molecule has 0 saturated heterocycles. The van der Waals surface area contributed by atoms with Gasteiger partial charge in [0.05, 0.1) is 0 Å². The Hall–Kier alpha value is -2.86. The van der Waals surface area contributed by atoms with Crippen LogP contribution in [0.2, 0.25) is 0 Å². The SMILES string of the molecule is Cc1cccc(/C=C(\C#N)C(=O)NCCc2ccccc2)c1. The van der Waals surface area contributed by atoms with Crippen LogP contribution in [0, 0.1) is 18.3 Å². The van der Waals surface area contributed by atoms with Crippen LogP contribution in [0.4, 0.5) is 0 Å². The van der Waals surface area contributed by atoms with Crippen molar-refractivity contribution >= 4 is 12.0 Å². The summed E-state index contributed by atoms with van der Waals surface area (Å²) in [7, 11) is 0. The molecule has 0 saturated carbocycles. The van der Waals surface area contributed by atoms with Crippen molar-refractivity contribution in [3.63, 3.8) is 0 Å². The molecule has 110 valence electrons. The Morgan fingerprint density at radius 2 is 1.95 bits per heavy atom. The van der Waals surface area contributed by atoms with Gasteiger partial charge in [-0.25, -0.2) is 0 Å². The van der Waals surface area contributed by atoms with Gasteiger partial charge in [-0.1, -0.05) is 60.2 Å². The van der Waals surface area contributed by atoms with Gasteiger partial charge < -0.3 is 5.32 Å². The second kappa shape index (κ2) is 7.80. The Kier molecular flexibility index (Phi) is 5.50. The van der Waals surface area contributed by atoms with Crippen LogP contribution in [0.5, 0.6) is 0 Å². The second-order valence-corrected chi connectivity index (χ2v) is 5.08. The summed E-state index contributed by atoms with van der Waals surface area (Å²) in [5, 5.41) is 12.0. The summed E-state index contributed by atoms with van der Waals surface area (Å²) >= 11 is 0. The average Bonchev–Trinajstić information content (AvgIpc) is 2.53. The predicted molar refractivity (Wildman–Crippen MR) is 87.9 cm³/mol. The number of nitriles is 1. The van der Waals surface area contributed by atoms with Crippen LogP contribution in [0.1, 0.15) is 16.7 Å². The molecule has 3 nitrogen and oxygen atoms in total. The molecular weight excluding hydrogens is 272 g/mol. The lowest BCUT2D eigenvalue weighted by atomic mass is 10.1. The van der Waals surface area contributed by atoms with E-state index in [0.717, 1.165) is 23.1 Å². The summed E-state index contributed by atoms with van der Waals surface area (Å²) in [6.45, 7) is 2.49. The van der Waals surface area contributed by atoms with Crippen molar-refractivity contribution < 1.29 is 4.79 Å². The molecule has 0 aliphatic carbocycles. The highest BCUT2D eigenvalue weighted by Crippen LogP contribution is 2.09. The summed E-state index contributed by atoms with van der Waals surface area (Å²) in [6, 6.07) is 19.6. The third-order valence-electron chi connectivity index (χ3n) is 3.26. The van der Waals surface area contributed by atoms with Crippen LogP contribution < -0.4 is 5.32 Å². The van der Waals surface area contributed by atoms with Crippen molar-refractivity contribution in [1.82, 2.24) is 5.32 Å². The number of hydrogen-bond donors (Lipinski definition) is 1. The first-order valence-electron chi connectivity index (χ1n) is 7.19. The molecule has 1 N–H and O–H groups in total. The zero-order valence-electron chi connectivity index (χ0n) is 12.5. The van der Waals surface area contributed by atoms with Crippen molar-refractivity contribution in [3.8, 4) is 6.07 Å². The fraction of sp³-hybridized carbons (Fsp3) is 0.158. The standard InChI is InChI=1S/C19H18N2O/c1-15-6-5-9-17(12-15)13-18(14-20)19(22)21-11-10-16-7-3-2-4-8-16/h2-9,12-13H,10-11H2,1H3,(H,21,22)/b18-13+.